The van der Waals surface area contributed by atoms with Gasteiger partial charge >= 0.3 is 29.6 Å². The van der Waals surface area contributed by atoms with Crippen molar-refractivity contribution in [2.75, 3.05) is 0 Å². The Labute approximate surface area is 154 Å². The molecule has 1 unspecified atom stereocenters. The zero-order valence-electron chi connectivity index (χ0n) is 11.2. The second-order valence-corrected chi connectivity index (χ2v) is 5.44. The van der Waals surface area contributed by atoms with E-state index in [1.165, 1.54) is 0 Å². The van der Waals surface area contributed by atoms with Gasteiger partial charge < -0.3 is 14.6 Å². The molecule has 0 spiro atoms. The molecule has 1 aliphatic heterocycles. The quantitative estimate of drug-likeness (QED) is 0.557. The fraction of sp³-hybridized carbons (Fsp3) is 0.133. The number of carboxylic acid groups (broad SMARTS) is 1. The maximum atomic E-state index is 11.2. The summed E-state index contributed by atoms with van der Waals surface area (Å²) in [4.78, 5) is 11.2. The number of epoxide rings is 1. The van der Waals surface area contributed by atoms with Crippen molar-refractivity contribution < 1.29 is 44.2 Å². The third-order valence-electron chi connectivity index (χ3n) is 3.38. The van der Waals surface area contributed by atoms with Gasteiger partial charge in [0, 0.05) is 10.0 Å². The van der Waals surface area contributed by atoms with E-state index in [-0.39, 0.29) is 29.6 Å². The largest absolute Gasteiger partial charge is 1.00 e. The number of carboxylic acids is 1. The van der Waals surface area contributed by atoms with E-state index in [1.807, 2.05) is 0 Å². The Morgan fingerprint density at radius 3 is 1.62 bits per heavy atom. The summed E-state index contributed by atoms with van der Waals surface area (Å²) in [5.74, 6) is -1.24. The number of carbonyl (C=O) groups is 1. The molecule has 21 heavy (non-hydrogen) atoms. The SMILES string of the molecule is O=C([O-])C1OC1(c1ccc(Cl)cc1)c1ccc(Cl)cc1.[Na+]. The first-order valence-electron chi connectivity index (χ1n) is 5.95. The average molecular weight is 331 g/mol. The van der Waals surface area contributed by atoms with Crippen LogP contribution in [0.15, 0.2) is 48.5 Å². The van der Waals surface area contributed by atoms with Crippen molar-refractivity contribution in [3.05, 3.63) is 69.7 Å². The van der Waals surface area contributed by atoms with Gasteiger partial charge in [-0.3, -0.25) is 0 Å². The third kappa shape index (κ3) is 3.00. The summed E-state index contributed by atoms with van der Waals surface area (Å²) >= 11 is 11.7. The molecule has 3 nitrogen and oxygen atoms in total. The van der Waals surface area contributed by atoms with Crippen molar-refractivity contribution in [2.24, 2.45) is 0 Å². The summed E-state index contributed by atoms with van der Waals surface area (Å²) in [5, 5.41) is 12.3. The minimum absolute atomic E-state index is 0. The zero-order valence-corrected chi connectivity index (χ0v) is 14.7. The van der Waals surface area contributed by atoms with Gasteiger partial charge in [0.05, 0.1) is 5.97 Å². The molecule has 102 valence electrons. The zero-order chi connectivity index (χ0) is 14.3. The van der Waals surface area contributed by atoms with Crippen LogP contribution in [0.2, 0.25) is 10.0 Å². The summed E-state index contributed by atoms with van der Waals surface area (Å²) in [7, 11) is 0. The number of hydrogen-bond donors (Lipinski definition) is 0. The van der Waals surface area contributed by atoms with Crippen LogP contribution in [0.5, 0.6) is 0 Å². The second kappa shape index (κ2) is 6.29. The Hall–Kier alpha value is -0.550. The maximum absolute atomic E-state index is 11.2. The van der Waals surface area contributed by atoms with Crippen molar-refractivity contribution in [3.8, 4) is 0 Å². The standard InChI is InChI=1S/C15H10Cl2O3.Na/c16-11-5-1-9(2-6-11)15(13(20-15)14(18)19)10-3-7-12(17)8-4-10;/h1-8,13H,(H,18,19);/q;+1/p-1. The van der Waals surface area contributed by atoms with E-state index < -0.39 is 17.7 Å². The molecule has 2 aromatic rings. The molecular formula is C15H9Cl2NaO3. The average Bonchev–Trinajstić information content (AvgIpc) is 3.17. The monoisotopic (exact) mass is 330 g/mol. The second-order valence-electron chi connectivity index (χ2n) is 4.57. The van der Waals surface area contributed by atoms with Gasteiger partial charge in [-0.2, -0.15) is 0 Å². The Morgan fingerprint density at radius 1 is 0.952 bits per heavy atom. The molecule has 0 amide bonds. The normalized spacial score (nSPS) is 18.7. The van der Waals surface area contributed by atoms with Gasteiger partial charge in [-0.15, -0.1) is 0 Å². The number of aliphatic carboxylic acids is 1. The summed E-state index contributed by atoms with van der Waals surface area (Å²) in [6, 6.07) is 13.8. The minimum Gasteiger partial charge on any atom is -0.547 e. The smallest absolute Gasteiger partial charge is 0.547 e. The van der Waals surface area contributed by atoms with Gasteiger partial charge in [-0.25, -0.2) is 0 Å². The topological polar surface area (TPSA) is 52.7 Å². The van der Waals surface area contributed by atoms with E-state index in [1.54, 1.807) is 48.5 Å². The summed E-state index contributed by atoms with van der Waals surface area (Å²) in [6.07, 6.45) is -1.01. The van der Waals surface area contributed by atoms with Crippen LogP contribution in [-0.2, 0) is 15.1 Å². The van der Waals surface area contributed by atoms with Gasteiger partial charge in [0.15, 0.2) is 5.60 Å². The van der Waals surface area contributed by atoms with E-state index in [0.29, 0.717) is 10.0 Å². The van der Waals surface area contributed by atoms with Gasteiger partial charge in [0.1, 0.15) is 6.10 Å². The van der Waals surface area contributed by atoms with Crippen molar-refractivity contribution >= 4 is 29.2 Å². The van der Waals surface area contributed by atoms with Crippen LogP contribution in [0.3, 0.4) is 0 Å². The summed E-state index contributed by atoms with van der Waals surface area (Å²) < 4.78 is 5.47. The van der Waals surface area contributed by atoms with Crippen molar-refractivity contribution in [1.29, 1.82) is 0 Å². The van der Waals surface area contributed by atoms with Gasteiger partial charge in [0.25, 0.3) is 0 Å². The Bertz CT molecular complexity index is 610. The van der Waals surface area contributed by atoms with Crippen LogP contribution < -0.4 is 34.7 Å². The molecule has 3 rings (SSSR count). The van der Waals surface area contributed by atoms with E-state index in [4.69, 9.17) is 27.9 Å². The predicted molar refractivity (Wildman–Crippen MR) is 73.6 cm³/mol. The molecule has 0 aliphatic carbocycles. The molecule has 1 fully saturated rings. The van der Waals surface area contributed by atoms with Gasteiger partial charge in [0.2, 0.25) is 0 Å². The van der Waals surface area contributed by atoms with Gasteiger partial charge in [-0.05, 0) is 35.4 Å². The molecule has 2 aromatic carbocycles. The van der Waals surface area contributed by atoms with Crippen LogP contribution in [0.4, 0.5) is 0 Å². The fourth-order valence-electron chi connectivity index (χ4n) is 2.37. The van der Waals surface area contributed by atoms with Crippen LogP contribution in [-0.4, -0.2) is 12.1 Å². The number of hydrogen-bond acceptors (Lipinski definition) is 3. The third-order valence-corrected chi connectivity index (χ3v) is 3.88. The number of benzene rings is 2. The van der Waals surface area contributed by atoms with E-state index in [9.17, 15) is 9.90 Å². The van der Waals surface area contributed by atoms with Crippen molar-refractivity contribution in [3.63, 3.8) is 0 Å². The maximum Gasteiger partial charge on any atom is 1.00 e. The van der Waals surface area contributed by atoms with Crippen LogP contribution in [0.25, 0.3) is 0 Å². The van der Waals surface area contributed by atoms with Crippen LogP contribution in [0.1, 0.15) is 11.1 Å². The Balaban J connectivity index is 0.00000161. The van der Waals surface area contributed by atoms with E-state index >= 15 is 0 Å². The molecule has 0 saturated carbocycles. The number of rotatable bonds is 3. The molecule has 0 bridgehead atoms. The molecule has 0 N–H and O–H groups in total. The first kappa shape index (κ1) is 16.8. The molecule has 6 heteroatoms. The van der Waals surface area contributed by atoms with E-state index in [2.05, 4.69) is 0 Å². The van der Waals surface area contributed by atoms with Crippen LogP contribution in [0, 0.1) is 0 Å². The van der Waals surface area contributed by atoms with Crippen molar-refractivity contribution in [2.45, 2.75) is 11.7 Å². The minimum atomic E-state index is -1.24. The van der Waals surface area contributed by atoms with Gasteiger partial charge in [-0.1, -0.05) is 47.5 Å². The number of ether oxygens (including phenoxy) is 1. The first-order chi connectivity index (χ1) is 9.54. The molecule has 1 heterocycles. The molecule has 1 aliphatic rings. The Morgan fingerprint density at radius 2 is 1.33 bits per heavy atom. The Kier molecular flexibility index (Phi) is 5.03. The molecular weight excluding hydrogens is 322 g/mol. The number of carbonyl (C=O) groups excluding carboxylic acids is 1. The van der Waals surface area contributed by atoms with Crippen molar-refractivity contribution in [1.82, 2.24) is 0 Å². The molecule has 0 aromatic heterocycles. The summed E-state index contributed by atoms with van der Waals surface area (Å²) in [5.41, 5.74) is 0.422. The predicted octanol–water partition coefficient (Wildman–Crippen LogP) is -0.610. The fourth-order valence-corrected chi connectivity index (χ4v) is 2.62. The van der Waals surface area contributed by atoms with E-state index in [0.717, 1.165) is 11.1 Å². The molecule has 1 saturated heterocycles. The van der Waals surface area contributed by atoms with Crippen LogP contribution >= 0.6 is 23.2 Å². The molecule has 1 atom stereocenters. The number of halogens is 2. The molecule has 0 radical (unpaired) electrons. The summed E-state index contributed by atoms with van der Waals surface area (Å²) in [6.45, 7) is 0. The first-order valence-corrected chi connectivity index (χ1v) is 6.70.